The maximum atomic E-state index is 14.3. The summed E-state index contributed by atoms with van der Waals surface area (Å²) in [7, 11) is 0. The Morgan fingerprint density at radius 1 is 1.03 bits per heavy atom. The molecule has 11 heteroatoms. The zero-order valence-electron chi connectivity index (χ0n) is 21.3. The van der Waals surface area contributed by atoms with Crippen LogP contribution in [0.4, 0.5) is 10.2 Å². The molecule has 10 nitrogen and oxygen atoms in total. The number of rotatable bonds is 7. The second-order valence-corrected chi connectivity index (χ2v) is 9.43. The van der Waals surface area contributed by atoms with Gasteiger partial charge < -0.3 is 20.5 Å². The molecule has 3 N–H and O–H groups in total. The van der Waals surface area contributed by atoms with Crippen molar-refractivity contribution in [1.29, 1.82) is 0 Å². The van der Waals surface area contributed by atoms with Gasteiger partial charge in [0.15, 0.2) is 5.65 Å². The van der Waals surface area contributed by atoms with E-state index in [0.717, 1.165) is 48.1 Å². The first kappa shape index (κ1) is 24.7. The van der Waals surface area contributed by atoms with Crippen LogP contribution in [0, 0.1) is 12.7 Å². The number of fused-ring (bicyclic) bond motifs is 1. The van der Waals surface area contributed by atoms with Gasteiger partial charge >= 0.3 is 0 Å². The summed E-state index contributed by atoms with van der Waals surface area (Å²) in [6, 6.07) is 11.8. The van der Waals surface area contributed by atoms with E-state index in [2.05, 4.69) is 25.3 Å². The van der Waals surface area contributed by atoms with Gasteiger partial charge in [-0.15, -0.1) is 0 Å². The highest BCUT2D eigenvalue weighted by atomic mass is 19.1. The lowest BCUT2D eigenvalue weighted by Gasteiger charge is -2.23. The third-order valence-electron chi connectivity index (χ3n) is 6.58. The number of nitrogens with two attached hydrogens (primary N) is 1. The molecule has 0 unspecified atom stereocenters. The molecular weight excluding hydrogens is 499 g/mol. The van der Waals surface area contributed by atoms with Crippen LogP contribution in [-0.2, 0) is 6.61 Å². The summed E-state index contributed by atoms with van der Waals surface area (Å²) in [5, 5.41) is 9.06. The molecule has 4 heterocycles. The first-order valence-electron chi connectivity index (χ1n) is 12.7. The van der Waals surface area contributed by atoms with Crippen LogP contribution in [0.25, 0.3) is 22.3 Å². The minimum Gasteiger partial charge on any atom is -0.489 e. The molecule has 0 saturated carbocycles. The fourth-order valence-electron chi connectivity index (χ4n) is 4.65. The lowest BCUT2D eigenvalue weighted by molar-refractivity contribution is 0.301. The molecule has 3 aromatic heterocycles. The second kappa shape index (κ2) is 10.6. The van der Waals surface area contributed by atoms with Crippen LogP contribution in [0.1, 0.15) is 30.3 Å². The number of ether oxygens (including phenoxy) is 2. The van der Waals surface area contributed by atoms with Crippen LogP contribution in [0.2, 0.25) is 0 Å². The molecule has 0 aliphatic carbocycles. The number of nitrogens with zero attached hydrogens (tertiary/aromatic N) is 6. The van der Waals surface area contributed by atoms with Gasteiger partial charge in [0, 0.05) is 48.3 Å². The van der Waals surface area contributed by atoms with Gasteiger partial charge in [0.05, 0.1) is 11.4 Å². The molecule has 198 valence electrons. The number of aryl methyl sites for hydroxylation is 1. The summed E-state index contributed by atoms with van der Waals surface area (Å²) in [6.07, 6.45) is 6.91. The smallest absolute Gasteiger partial charge is 0.164 e. The van der Waals surface area contributed by atoms with Crippen molar-refractivity contribution in [3.05, 3.63) is 78.4 Å². The molecule has 0 bridgehead atoms. The monoisotopic (exact) mass is 526 g/mol. The zero-order chi connectivity index (χ0) is 26.8. The predicted molar refractivity (Wildman–Crippen MR) is 144 cm³/mol. The van der Waals surface area contributed by atoms with Gasteiger partial charge in [0.25, 0.3) is 0 Å². The van der Waals surface area contributed by atoms with Gasteiger partial charge in [-0.3, -0.25) is 0 Å². The fourth-order valence-corrected chi connectivity index (χ4v) is 4.65. The van der Waals surface area contributed by atoms with E-state index in [4.69, 9.17) is 20.3 Å². The first-order chi connectivity index (χ1) is 19.0. The van der Waals surface area contributed by atoms with E-state index in [1.165, 1.54) is 18.5 Å². The standard InChI is InChI=1S/C28H27FN8O2/c1-17-32-12-18(13-33-17)15-38-23-9-20(29)10-24(11-23)39-22-6-4-19(5-7-22)26-25-27(30)34-16-35-28(25)37(36-26)21-3-2-8-31-14-21/h4-7,9-13,16,21,31H,2-3,8,14-15H2,1H3,(H2,30,34,35)/t21-/m1/s1. The SMILES string of the molecule is Cc1ncc(COc2cc(F)cc(Oc3ccc(-c4nn([C@@H]5CCCNC5)c5ncnc(N)c45)cc3)c2)cn1. The summed E-state index contributed by atoms with van der Waals surface area (Å²) in [5.41, 5.74) is 9.32. The summed E-state index contributed by atoms with van der Waals surface area (Å²) in [5.74, 6) is 1.78. The molecule has 1 fully saturated rings. The average molecular weight is 527 g/mol. The number of aromatic nitrogens is 6. The Labute approximate surface area is 224 Å². The molecule has 0 radical (unpaired) electrons. The molecule has 2 aromatic carbocycles. The molecule has 0 amide bonds. The lowest BCUT2D eigenvalue weighted by atomic mass is 10.1. The van der Waals surface area contributed by atoms with Crippen molar-refractivity contribution in [3.8, 4) is 28.5 Å². The van der Waals surface area contributed by atoms with Crippen LogP contribution >= 0.6 is 0 Å². The summed E-state index contributed by atoms with van der Waals surface area (Å²) in [4.78, 5) is 17.0. The van der Waals surface area contributed by atoms with Crippen molar-refractivity contribution in [2.45, 2.75) is 32.4 Å². The number of nitrogens with one attached hydrogen (secondary N) is 1. The minimum absolute atomic E-state index is 0.190. The highest BCUT2D eigenvalue weighted by Gasteiger charge is 2.23. The van der Waals surface area contributed by atoms with Crippen LogP contribution in [-0.4, -0.2) is 42.8 Å². The normalized spacial score (nSPS) is 15.4. The Hall–Kier alpha value is -4.64. The van der Waals surface area contributed by atoms with E-state index in [0.29, 0.717) is 34.6 Å². The number of halogens is 1. The van der Waals surface area contributed by atoms with E-state index in [-0.39, 0.29) is 12.6 Å². The third-order valence-corrected chi connectivity index (χ3v) is 6.58. The van der Waals surface area contributed by atoms with Crippen molar-refractivity contribution in [3.63, 3.8) is 0 Å². The molecule has 0 spiro atoms. The van der Waals surface area contributed by atoms with Crippen LogP contribution in [0.3, 0.4) is 0 Å². The van der Waals surface area contributed by atoms with Crippen molar-refractivity contribution in [2.75, 3.05) is 18.8 Å². The maximum absolute atomic E-state index is 14.3. The van der Waals surface area contributed by atoms with Gasteiger partial charge in [0.1, 0.15) is 53.3 Å². The summed E-state index contributed by atoms with van der Waals surface area (Å²) >= 11 is 0. The van der Waals surface area contributed by atoms with E-state index < -0.39 is 5.82 Å². The second-order valence-electron chi connectivity index (χ2n) is 9.43. The van der Waals surface area contributed by atoms with Crippen molar-refractivity contribution in [2.24, 2.45) is 0 Å². The Morgan fingerprint density at radius 2 is 1.82 bits per heavy atom. The Balaban J connectivity index is 1.22. The highest BCUT2D eigenvalue weighted by Crippen LogP contribution is 2.34. The Morgan fingerprint density at radius 3 is 2.59 bits per heavy atom. The number of piperidine rings is 1. The topological polar surface area (TPSA) is 126 Å². The largest absolute Gasteiger partial charge is 0.489 e. The molecule has 1 saturated heterocycles. The minimum atomic E-state index is -0.469. The number of hydrogen-bond acceptors (Lipinski definition) is 9. The quantitative estimate of drug-likeness (QED) is 0.313. The number of benzene rings is 2. The maximum Gasteiger partial charge on any atom is 0.164 e. The van der Waals surface area contributed by atoms with E-state index >= 15 is 0 Å². The molecule has 39 heavy (non-hydrogen) atoms. The van der Waals surface area contributed by atoms with Gasteiger partial charge in [-0.05, 0) is 50.6 Å². The van der Waals surface area contributed by atoms with Gasteiger partial charge in [-0.2, -0.15) is 5.10 Å². The number of nitrogen functional groups attached to an aromatic ring is 1. The van der Waals surface area contributed by atoms with Crippen LogP contribution in [0.5, 0.6) is 17.2 Å². The summed E-state index contributed by atoms with van der Waals surface area (Å²) < 4.78 is 27.9. The Bertz CT molecular complexity index is 1600. The predicted octanol–water partition coefficient (Wildman–Crippen LogP) is 4.61. The van der Waals surface area contributed by atoms with E-state index in [9.17, 15) is 4.39 Å². The number of hydrogen-bond donors (Lipinski definition) is 2. The molecule has 1 atom stereocenters. The highest BCUT2D eigenvalue weighted by molar-refractivity contribution is 5.98. The molecule has 1 aliphatic rings. The average Bonchev–Trinajstić information content (AvgIpc) is 3.34. The number of anilines is 1. The fraction of sp³-hybridized carbons (Fsp3) is 0.250. The Kier molecular flexibility index (Phi) is 6.72. The summed E-state index contributed by atoms with van der Waals surface area (Å²) in [6.45, 7) is 3.84. The van der Waals surface area contributed by atoms with Gasteiger partial charge in [-0.1, -0.05) is 0 Å². The molecule has 1 aliphatic heterocycles. The molecule has 6 rings (SSSR count). The van der Waals surface area contributed by atoms with Crippen molar-refractivity contribution >= 4 is 16.9 Å². The van der Waals surface area contributed by atoms with Crippen molar-refractivity contribution in [1.82, 2.24) is 35.0 Å². The molecular formula is C28H27FN8O2. The van der Waals surface area contributed by atoms with Crippen molar-refractivity contribution < 1.29 is 13.9 Å². The van der Waals surface area contributed by atoms with E-state index in [1.807, 2.05) is 16.8 Å². The molecule has 5 aromatic rings. The first-order valence-corrected chi connectivity index (χ1v) is 12.7. The zero-order valence-corrected chi connectivity index (χ0v) is 21.3. The lowest BCUT2D eigenvalue weighted by Crippen LogP contribution is -2.32. The van der Waals surface area contributed by atoms with Crippen LogP contribution < -0.4 is 20.5 Å². The third kappa shape index (κ3) is 5.34. The van der Waals surface area contributed by atoms with Gasteiger partial charge in [-0.25, -0.2) is 29.0 Å². The van der Waals surface area contributed by atoms with E-state index in [1.54, 1.807) is 37.5 Å². The van der Waals surface area contributed by atoms with Crippen LogP contribution in [0.15, 0.2) is 61.2 Å². The van der Waals surface area contributed by atoms with Gasteiger partial charge in [0.2, 0.25) is 0 Å².